The van der Waals surface area contributed by atoms with Gasteiger partial charge in [0.2, 0.25) is 0 Å². The Balaban J connectivity index is 0.00000124. The van der Waals surface area contributed by atoms with E-state index in [2.05, 4.69) is 20.8 Å². The molecule has 0 radical (unpaired) electrons. The minimum Gasteiger partial charge on any atom is -0.497 e. The van der Waals surface area contributed by atoms with Gasteiger partial charge in [0, 0.05) is 19.1 Å². The van der Waals surface area contributed by atoms with Gasteiger partial charge in [0.05, 0.1) is 13.2 Å². The number of hydrogen-bond donors (Lipinski definition) is 1. The van der Waals surface area contributed by atoms with E-state index < -0.39 is 5.97 Å². The quantitative estimate of drug-likeness (QED) is 0.292. The van der Waals surface area contributed by atoms with Crippen molar-refractivity contribution in [3.05, 3.63) is 83.2 Å². The number of rotatable bonds is 10. The third kappa shape index (κ3) is 8.59. The van der Waals surface area contributed by atoms with Crippen molar-refractivity contribution >= 4 is 5.97 Å². The van der Waals surface area contributed by atoms with Gasteiger partial charge < -0.3 is 19.3 Å². The van der Waals surface area contributed by atoms with Gasteiger partial charge in [0.1, 0.15) is 23.9 Å². The van der Waals surface area contributed by atoms with Crippen LogP contribution in [0, 0.1) is 11.2 Å². The number of aryl methyl sites for hydroxylation is 1. The van der Waals surface area contributed by atoms with Crippen molar-refractivity contribution < 1.29 is 28.5 Å². The molecule has 5 nitrogen and oxygen atoms in total. The minimum atomic E-state index is -0.831. The minimum absolute atomic E-state index is 0.0698. The van der Waals surface area contributed by atoms with Crippen molar-refractivity contribution in [1.29, 1.82) is 0 Å². The van der Waals surface area contributed by atoms with Crippen LogP contribution in [0.2, 0.25) is 0 Å². The van der Waals surface area contributed by atoms with Gasteiger partial charge >= 0.3 is 5.97 Å². The molecule has 1 aliphatic rings. The molecule has 0 aromatic heterocycles. The van der Waals surface area contributed by atoms with Gasteiger partial charge in [-0.2, -0.15) is 0 Å². The molecule has 0 heterocycles. The molecule has 1 unspecified atom stereocenters. The predicted octanol–water partition coefficient (Wildman–Crippen LogP) is 8.00. The third-order valence-corrected chi connectivity index (χ3v) is 6.17. The Labute approximate surface area is 225 Å². The molecule has 0 spiro atoms. The average molecular weight is 523 g/mol. The Morgan fingerprint density at radius 1 is 0.921 bits per heavy atom. The molecule has 0 saturated heterocycles. The van der Waals surface area contributed by atoms with Crippen LogP contribution in [-0.2, 0) is 22.6 Å². The molecule has 3 aromatic rings. The molecule has 38 heavy (non-hydrogen) atoms. The fraction of sp³-hybridized carbons (Fsp3) is 0.406. The number of carbonyl (C=O) groups is 1. The Morgan fingerprint density at radius 3 is 2.26 bits per heavy atom. The summed E-state index contributed by atoms with van der Waals surface area (Å²) in [5.41, 5.74) is 3.63. The van der Waals surface area contributed by atoms with E-state index in [-0.39, 0.29) is 23.8 Å². The van der Waals surface area contributed by atoms with Gasteiger partial charge in [-0.05, 0) is 70.5 Å². The number of benzene rings is 3. The standard InChI is InChI=1S/C29H33FO5.C3H6/c1-29(2,3)28(34-5)25-16-20(9-12-23(25)24-17-21(33-4)11-13-26(24)30)18-35-22-8-6-7-19(15-22)10-14-27(31)32;1-2-3-1/h6-9,11-13,15-17,28H,10,14,18H2,1-5H3,(H,31,32);1-3H2. The number of carboxylic acid groups (broad SMARTS) is 1. The van der Waals surface area contributed by atoms with E-state index in [1.54, 1.807) is 26.4 Å². The molecule has 0 bridgehead atoms. The molecule has 0 aliphatic heterocycles. The van der Waals surface area contributed by atoms with E-state index in [1.807, 2.05) is 42.5 Å². The summed E-state index contributed by atoms with van der Waals surface area (Å²) in [5, 5.41) is 8.92. The molecule has 4 rings (SSSR count). The van der Waals surface area contributed by atoms with E-state index in [1.165, 1.54) is 25.3 Å². The molecular weight excluding hydrogens is 483 g/mol. The summed E-state index contributed by atoms with van der Waals surface area (Å²) in [4.78, 5) is 10.9. The largest absolute Gasteiger partial charge is 0.497 e. The second-order valence-corrected chi connectivity index (χ2v) is 10.6. The summed E-state index contributed by atoms with van der Waals surface area (Å²) in [6.07, 6.45) is 4.72. The maximum atomic E-state index is 14.9. The Bertz CT molecular complexity index is 1210. The number of halogens is 1. The molecule has 1 aliphatic carbocycles. The van der Waals surface area contributed by atoms with Crippen LogP contribution in [0.3, 0.4) is 0 Å². The zero-order valence-corrected chi connectivity index (χ0v) is 23.1. The molecular formula is C32H39FO5. The van der Waals surface area contributed by atoms with Crippen molar-refractivity contribution in [3.8, 4) is 22.6 Å². The number of methoxy groups -OCH3 is 2. The van der Waals surface area contributed by atoms with Crippen LogP contribution in [0.5, 0.6) is 11.5 Å². The lowest BCUT2D eigenvalue weighted by atomic mass is 9.81. The van der Waals surface area contributed by atoms with Crippen molar-refractivity contribution in [2.24, 2.45) is 5.41 Å². The normalized spacial score (nSPS) is 13.2. The van der Waals surface area contributed by atoms with E-state index in [0.717, 1.165) is 22.3 Å². The van der Waals surface area contributed by atoms with Crippen LogP contribution >= 0.6 is 0 Å². The molecule has 1 fully saturated rings. The van der Waals surface area contributed by atoms with Crippen molar-refractivity contribution in [2.45, 2.75) is 65.6 Å². The molecule has 1 atom stereocenters. The molecule has 1 N–H and O–H groups in total. The molecule has 1 saturated carbocycles. The number of ether oxygens (including phenoxy) is 3. The Kier molecular flexibility index (Phi) is 10.3. The first-order valence-electron chi connectivity index (χ1n) is 13.1. The maximum absolute atomic E-state index is 14.9. The van der Waals surface area contributed by atoms with Crippen molar-refractivity contribution in [1.82, 2.24) is 0 Å². The van der Waals surface area contributed by atoms with Crippen molar-refractivity contribution in [3.63, 3.8) is 0 Å². The fourth-order valence-corrected chi connectivity index (χ4v) is 4.16. The number of aliphatic carboxylic acids is 1. The monoisotopic (exact) mass is 522 g/mol. The topological polar surface area (TPSA) is 65.0 Å². The Hall–Kier alpha value is -3.38. The first-order chi connectivity index (χ1) is 18.1. The third-order valence-electron chi connectivity index (χ3n) is 6.17. The molecule has 3 aromatic carbocycles. The second-order valence-electron chi connectivity index (χ2n) is 10.6. The van der Waals surface area contributed by atoms with E-state index in [4.69, 9.17) is 19.3 Å². The number of hydrogen-bond acceptors (Lipinski definition) is 4. The average Bonchev–Trinajstić information content (AvgIpc) is 3.77. The van der Waals surface area contributed by atoms with Crippen LogP contribution < -0.4 is 9.47 Å². The highest BCUT2D eigenvalue weighted by Gasteiger charge is 2.29. The zero-order chi connectivity index (χ0) is 27.7. The van der Waals surface area contributed by atoms with Crippen LogP contribution in [0.15, 0.2) is 60.7 Å². The van der Waals surface area contributed by atoms with E-state index >= 15 is 0 Å². The van der Waals surface area contributed by atoms with Crippen LogP contribution in [0.4, 0.5) is 4.39 Å². The summed E-state index contributed by atoms with van der Waals surface area (Å²) in [5.74, 6) is 0.0738. The summed E-state index contributed by atoms with van der Waals surface area (Å²) in [7, 11) is 3.22. The maximum Gasteiger partial charge on any atom is 0.303 e. The highest BCUT2D eigenvalue weighted by Crippen LogP contribution is 2.42. The molecule has 6 heteroatoms. The summed E-state index contributed by atoms with van der Waals surface area (Å²) >= 11 is 0. The lowest BCUT2D eigenvalue weighted by Gasteiger charge is -2.32. The summed E-state index contributed by atoms with van der Waals surface area (Å²) in [6, 6.07) is 18.0. The first kappa shape index (κ1) is 29.2. The van der Waals surface area contributed by atoms with Gasteiger partial charge in [0.15, 0.2) is 0 Å². The first-order valence-corrected chi connectivity index (χ1v) is 13.1. The highest BCUT2D eigenvalue weighted by molar-refractivity contribution is 5.70. The fourth-order valence-electron chi connectivity index (χ4n) is 4.16. The SMILES string of the molecule is C1CC1.COc1ccc(F)c(-c2ccc(COc3cccc(CCC(=O)O)c3)cc2C(OC)C(C)(C)C)c1. The van der Waals surface area contributed by atoms with Crippen LogP contribution in [-0.4, -0.2) is 25.3 Å². The van der Waals surface area contributed by atoms with Crippen LogP contribution in [0.25, 0.3) is 11.1 Å². The summed E-state index contributed by atoms with van der Waals surface area (Å²) < 4.78 is 32.1. The second kappa shape index (κ2) is 13.4. The zero-order valence-electron chi connectivity index (χ0n) is 23.1. The Morgan fingerprint density at radius 2 is 1.66 bits per heavy atom. The molecule has 204 valence electrons. The van der Waals surface area contributed by atoms with E-state index in [9.17, 15) is 9.18 Å². The van der Waals surface area contributed by atoms with Gasteiger partial charge in [-0.25, -0.2) is 4.39 Å². The number of carboxylic acids is 1. The lowest BCUT2D eigenvalue weighted by molar-refractivity contribution is -0.136. The van der Waals surface area contributed by atoms with Gasteiger partial charge in [-0.15, -0.1) is 0 Å². The van der Waals surface area contributed by atoms with Gasteiger partial charge in [0.25, 0.3) is 0 Å². The lowest BCUT2D eigenvalue weighted by Crippen LogP contribution is -2.21. The van der Waals surface area contributed by atoms with Gasteiger partial charge in [-0.1, -0.05) is 64.3 Å². The molecule has 0 amide bonds. The van der Waals surface area contributed by atoms with E-state index in [0.29, 0.717) is 30.1 Å². The smallest absolute Gasteiger partial charge is 0.303 e. The van der Waals surface area contributed by atoms with Gasteiger partial charge in [-0.3, -0.25) is 4.79 Å². The predicted molar refractivity (Wildman–Crippen MR) is 148 cm³/mol. The highest BCUT2D eigenvalue weighted by atomic mass is 19.1. The van der Waals surface area contributed by atoms with Crippen LogP contribution in [0.1, 0.15) is 69.2 Å². The van der Waals surface area contributed by atoms with Crippen molar-refractivity contribution in [2.75, 3.05) is 14.2 Å². The summed E-state index contributed by atoms with van der Waals surface area (Å²) in [6.45, 7) is 6.55.